The summed E-state index contributed by atoms with van der Waals surface area (Å²) in [5.74, 6) is 0.751. The molecule has 1 aliphatic carbocycles. The van der Waals surface area contributed by atoms with Crippen LogP contribution in [0.25, 0.3) is 27.6 Å². The molecular weight excluding hydrogens is 350 g/mol. The summed E-state index contributed by atoms with van der Waals surface area (Å²) in [6, 6.07) is 8.31. The molecule has 2 heterocycles. The summed E-state index contributed by atoms with van der Waals surface area (Å²) in [4.78, 5) is 13.7. The molecule has 0 radical (unpaired) electrons. The van der Waals surface area contributed by atoms with Crippen LogP contribution in [0.15, 0.2) is 59.4 Å². The third-order valence-corrected chi connectivity index (χ3v) is 5.22. The molecule has 0 amide bonds. The van der Waals surface area contributed by atoms with E-state index in [2.05, 4.69) is 31.1 Å². The zero-order chi connectivity index (χ0) is 19.8. The van der Waals surface area contributed by atoms with Gasteiger partial charge in [-0.25, -0.2) is 0 Å². The summed E-state index contributed by atoms with van der Waals surface area (Å²) in [6.45, 7) is 6.14. The monoisotopic (exact) mass is 375 g/mol. The van der Waals surface area contributed by atoms with E-state index in [-0.39, 0.29) is 11.6 Å². The van der Waals surface area contributed by atoms with Crippen LogP contribution in [0.1, 0.15) is 38.4 Å². The number of ether oxygens (including phenoxy) is 1. The van der Waals surface area contributed by atoms with Gasteiger partial charge in [0.05, 0.1) is 24.4 Å². The molecule has 0 saturated heterocycles. The van der Waals surface area contributed by atoms with Crippen molar-refractivity contribution in [2.24, 2.45) is 0 Å². The van der Waals surface area contributed by atoms with Crippen molar-refractivity contribution in [1.82, 2.24) is 14.3 Å². The lowest BCUT2D eigenvalue weighted by atomic mass is 10.0. The molecule has 0 fully saturated rings. The van der Waals surface area contributed by atoms with E-state index in [9.17, 15) is 4.79 Å². The van der Waals surface area contributed by atoms with Gasteiger partial charge >= 0.3 is 0 Å². The van der Waals surface area contributed by atoms with Crippen molar-refractivity contribution in [3.05, 3.63) is 70.6 Å². The molecule has 0 spiro atoms. The van der Waals surface area contributed by atoms with E-state index in [0.29, 0.717) is 5.39 Å². The molecule has 2 aromatic heterocycles. The zero-order valence-corrected chi connectivity index (χ0v) is 16.8. The normalized spacial score (nSPS) is 14.3. The van der Waals surface area contributed by atoms with Crippen molar-refractivity contribution in [3.8, 4) is 11.1 Å². The molecule has 1 aliphatic rings. The van der Waals surface area contributed by atoms with Gasteiger partial charge in [0.25, 0.3) is 5.56 Å². The molecule has 3 aromatic rings. The van der Waals surface area contributed by atoms with Crippen LogP contribution in [-0.4, -0.2) is 21.5 Å². The number of methoxy groups -OCH3 is 1. The smallest absolute Gasteiger partial charge is 0.263 e. The van der Waals surface area contributed by atoms with Crippen molar-refractivity contribution in [3.63, 3.8) is 0 Å². The number of aromatic nitrogens is 3. The van der Waals surface area contributed by atoms with Gasteiger partial charge in [0.15, 0.2) is 0 Å². The number of hydrogen-bond acceptors (Lipinski definition) is 3. The van der Waals surface area contributed by atoms with E-state index >= 15 is 0 Å². The van der Waals surface area contributed by atoms with Gasteiger partial charge in [-0.15, -0.1) is 0 Å². The summed E-state index contributed by atoms with van der Waals surface area (Å²) < 4.78 is 9.23. The van der Waals surface area contributed by atoms with E-state index in [1.54, 1.807) is 11.7 Å². The first-order valence-corrected chi connectivity index (χ1v) is 9.66. The summed E-state index contributed by atoms with van der Waals surface area (Å²) >= 11 is 0. The predicted octanol–water partition coefficient (Wildman–Crippen LogP) is 4.92. The fourth-order valence-corrected chi connectivity index (χ4v) is 3.82. The van der Waals surface area contributed by atoms with Gasteiger partial charge in [-0.1, -0.05) is 24.3 Å². The number of pyridine rings is 1. The van der Waals surface area contributed by atoms with Crippen LogP contribution in [0.2, 0.25) is 0 Å². The van der Waals surface area contributed by atoms with E-state index < -0.39 is 0 Å². The molecule has 0 unspecified atom stereocenters. The number of rotatable bonds is 4. The number of benzene rings is 1. The Kier molecular flexibility index (Phi) is 4.67. The third kappa shape index (κ3) is 2.97. The van der Waals surface area contributed by atoms with E-state index in [0.717, 1.165) is 46.5 Å². The highest BCUT2D eigenvalue weighted by molar-refractivity contribution is 5.96. The SMILES string of the molecule is COC1=CCCC=C1n1c(C)cc2cccc(-c3cnn(C(C)C)c3)c2c1=O. The van der Waals surface area contributed by atoms with Crippen LogP contribution < -0.4 is 5.56 Å². The van der Waals surface area contributed by atoms with Crippen molar-refractivity contribution >= 4 is 16.5 Å². The average molecular weight is 375 g/mol. The van der Waals surface area contributed by atoms with Gasteiger partial charge in [0, 0.05) is 23.5 Å². The summed E-state index contributed by atoms with van der Waals surface area (Å²) in [5.41, 5.74) is 3.54. The molecule has 144 valence electrons. The maximum Gasteiger partial charge on any atom is 0.263 e. The molecule has 28 heavy (non-hydrogen) atoms. The Bertz CT molecular complexity index is 1160. The Balaban J connectivity index is 1.98. The fraction of sp³-hybridized carbons (Fsp3) is 0.304. The van der Waals surface area contributed by atoms with Crippen LogP contribution in [-0.2, 0) is 4.74 Å². The van der Waals surface area contributed by atoms with Gasteiger partial charge in [0.1, 0.15) is 5.76 Å². The number of allylic oxidation sites excluding steroid dienone is 3. The first kappa shape index (κ1) is 18.3. The molecule has 0 aliphatic heterocycles. The van der Waals surface area contributed by atoms with E-state index in [1.807, 2.05) is 48.3 Å². The van der Waals surface area contributed by atoms with Gasteiger partial charge < -0.3 is 4.74 Å². The molecular formula is C23H25N3O2. The summed E-state index contributed by atoms with van der Waals surface area (Å²) in [6.07, 6.45) is 9.78. The van der Waals surface area contributed by atoms with Crippen molar-refractivity contribution in [1.29, 1.82) is 0 Å². The Morgan fingerprint density at radius 2 is 1.96 bits per heavy atom. The van der Waals surface area contributed by atoms with E-state index in [1.165, 1.54) is 0 Å². The van der Waals surface area contributed by atoms with Crippen LogP contribution in [0.5, 0.6) is 0 Å². The van der Waals surface area contributed by atoms with Crippen molar-refractivity contribution in [2.75, 3.05) is 7.11 Å². The molecule has 0 saturated carbocycles. The van der Waals surface area contributed by atoms with Crippen LogP contribution >= 0.6 is 0 Å². The second-order valence-corrected chi connectivity index (χ2v) is 7.44. The standard InChI is InChI=1S/C23H25N3O2/c1-15(2)25-14-18(13-24-25)19-9-7-8-17-12-16(3)26(23(27)22(17)19)20-10-5-6-11-21(20)28-4/h7-15H,5-6H2,1-4H3. The first-order chi connectivity index (χ1) is 13.5. The molecule has 4 rings (SSSR count). The highest BCUT2D eigenvalue weighted by Crippen LogP contribution is 2.30. The Morgan fingerprint density at radius 3 is 2.68 bits per heavy atom. The molecule has 5 nitrogen and oxygen atoms in total. The maximum absolute atomic E-state index is 13.7. The average Bonchev–Trinajstić information content (AvgIpc) is 3.18. The lowest BCUT2D eigenvalue weighted by Gasteiger charge is -2.20. The number of fused-ring (bicyclic) bond motifs is 1. The Morgan fingerprint density at radius 1 is 1.18 bits per heavy atom. The third-order valence-electron chi connectivity index (χ3n) is 5.22. The topological polar surface area (TPSA) is 49.0 Å². The second-order valence-electron chi connectivity index (χ2n) is 7.44. The van der Waals surface area contributed by atoms with Crippen molar-refractivity contribution in [2.45, 2.75) is 39.7 Å². The van der Waals surface area contributed by atoms with Crippen LogP contribution in [0.4, 0.5) is 0 Å². The fourth-order valence-electron chi connectivity index (χ4n) is 3.82. The first-order valence-electron chi connectivity index (χ1n) is 9.66. The second kappa shape index (κ2) is 7.15. The number of nitrogens with zero attached hydrogens (tertiary/aromatic N) is 3. The van der Waals surface area contributed by atoms with Gasteiger partial charge in [-0.3, -0.25) is 14.0 Å². The highest BCUT2D eigenvalue weighted by atomic mass is 16.5. The molecule has 1 aromatic carbocycles. The lowest BCUT2D eigenvalue weighted by molar-refractivity contribution is 0.304. The van der Waals surface area contributed by atoms with Gasteiger partial charge in [-0.2, -0.15) is 5.10 Å². The van der Waals surface area contributed by atoms with Crippen molar-refractivity contribution < 1.29 is 4.74 Å². The van der Waals surface area contributed by atoms with E-state index in [4.69, 9.17) is 4.74 Å². The Labute approximate surface area is 164 Å². The minimum absolute atomic E-state index is 0.0287. The summed E-state index contributed by atoms with van der Waals surface area (Å²) in [5, 5.41) is 6.10. The number of hydrogen-bond donors (Lipinski definition) is 0. The predicted molar refractivity (Wildman–Crippen MR) is 113 cm³/mol. The quantitative estimate of drug-likeness (QED) is 0.650. The largest absolute Gasteiger partial charge is 0.495 e. The van der Waals surface area contributed by atoms with Crippen LogP contribution in [0.3, 0.4) is 0 Å². The molecule has 0 N–H and O–H groups in total. The highest BCUT2D eigenvalue weighted by Gasteiger charge is 2.19. The minimum Gasteiger partial charge on any atom is -0.495 e. The Hall–Kier alpha value is -3.08. The summed E-state index contributed by atoms with van der Waals surface area (Å²) in [7, 11) is 1.65. The zero-order valence-electron chi connectivity index (χ0n) is 16.8. The lowest BCUT2D eigenvalue weighted by Crippen LogP contribution is -2.24. The molecule has 0 bridgehead atoms. The molecule has 0 atom stereocenters. The van der Waals surface area contributed by atoms with Gasteiger partial charge in [0.2, 0.25) is 0 Å². The maximum atomic E-state index is 13.7. The van der Waals surface area contributed by atoms with Gasteiger partial charge in [-0.05, 0) is 56.7 Å². The minimum atomic E-state index is -0.0287. The molecule has 5 heteroatoms. The number of aryl methyl sites for hydroxylation is 1. The van der Waals surface area contributed by atoms with Crippen LogP contribution in [0, 0.1) is 6.92 Å².